The third kappa shape index (κ3) is 3.91. The van der Waals surface area contributed by atoms with Gasteiger partial charge in [0.1, 0.15) is 0 Å². The summed E-state index contributed by atoms with van der Waals surface area (Å²) in [7, 11) is -3.40. The van der Waals surface area contributed by atoms with Gasteiger partial charge in [0.15, 0.2) is 9.84 Å². The molecule has 4 nitrogen and oxygen atoms in total. The smallest absolute Gasteiger partial charge is 0.307 e. The average Bonchev–Trinajstić information content (AvgIpc) is 2.74. The Kier molecular flexibility index (Phi) is 4.62. The fraction of sp³-hybridized carbons (Fsp3) is 0.154. The van der Waals surface area contributed by atoms with E-state index in [2.05, 4.69) is 15.9 Å². The summed E-state index contributed by atoms with van der Waals surface area (Å²) in [5.74, 6) is -0.995. The first-order valence-corrected chi connectivity index (χ1v) is 8.96. The summed E-state index contributed by atoms with van der Waals surface area (Å²) in [6.07, 6.45) is -0.113. The maximum absolute atomic E-state index is 12.2. The lowest BCUT2D eigenvalue weighted by molar-refractivity contribution is -0.136. The van der Waals surface area contributed by atoms with Gasteiger partial charge in [-0.05, 0) is 39.7 Å². The summed E-state index contributed by atoms with van der Waals surface area (Å²) < 4.78 is 25.3. The molecule has 0 unspecified atom stereocenters. The van der Waals surface area contributed by atoms with Crippen molar-refractivity contribution in [3.05, 3.63) is 50.6 Å². The quantitative estimate of drug-likeness (QED) is 0.872. The van der Waals surface area contributed by atoms with Gasteiger partial charge in [-0.3, -0.25) is 4.79 Å². The van der Waals surface area contributed by atoms with Gasteiger partial charge < -0.3 is 5.11 Å². The summed E-state index contributed by atoms with van der Waals surface area (Å²) in [5, 5.41) is 10.5. The highest BCUT2D eigenvalue weighted by molar-refractivity contribution is 9.10. The molecule has 7 heteroatoms. The second kappa shape index (κ2) is 6.07. The van der Waals surface area contributed by atoms with Gasteiger partial charge in [-0.15, -0.1) is 11.3 Å². The number of aliphatic carboxylic acids is 1. The summed E-state index contributed by atoms with van der Waals surface area (Å²) in [6, 6.07) is 7.75. The molecule has 0 radical (unpaired) electrons. The van der Waals surface area contributed by atoms with Gasteiger partial charge in [0, 0.05) is 14.7 Å². The molecule has 1 aromatic carbocycles. The van der Waals surface area contributed by atoms with Crippen LogP contribution in [-0.2, 0) is 26.8 Å². The number of rotatable bonds is 5. The maximum atomic E-state index is 12.2. The molecule has 0 saturated carbocycles. The highest BCUT2D eigenvalue weighted by atomic mass is 79.9. The predicted molar refractivity (Wildman–Crippen MR) is 80.7 cm³/mol. The Bertz CT molecular complexity index is 717. The second-order valence-electron chi connectivity index (χ2n) is 4.20. The Hall–Kier alpha value is -1.18. The lowest BCUT2D eigenvalue weighted by atomic mass is 10.2. The van der Waals surface area contributed by atoms with E-state index in [1.165, 1.54) is 35.6 Å². The highest BCUT2D eigenvalue weighted by Gasteiger charge is 2.16. The fourth-order valence-corrected chi connectivity index (χ4v) is 4.84. The molecule has 0 bridgehead atoms. The van der Waals surface area contributed by atoms with Crippen molar-refractivity contribution in [1.29, 1.82) is 0 Å². The minimum atomic E-state index is -3.40. The highest BCUT2D eigenvalue weighted by Crippen LogP contribution is 2.24. The van der Waals surface area contributed by atoms with Crippen molar-refractivity contribution in [1.82, 2.24) is 0 Å². The van der Waals surface area contributed by atoms with Crippen LogP contribution in [0.5, 0.6) is 0 Å². The van der Waals surface area contributed by atoms with Crippen molar-refractivity contribution in [2.75, 3.05) is 0 Å². The van der Waals surface area contributed by atoms with Crippen LogP contribution in [0.2, 0.25) is 0 Å². The number of hydrogen-bond acceptors (Lipinski definition) is 4. The fourth-order valence-electron chi connectivity index (χ4n) is 1.69. The molecule has 20 heavy (non-hydrogen) atoms. The summed E-state index contributed by atoms with van der Waals surface area (Å²) in [5.41, 5.74) is 0.579. The van der Waals surface area contributed by atoms with E-state index in [0.29, 0.717) is 5.56 Å². The zero-order valence-electron chi connectivity index (χ0n) is 10.2. The molecule has 0 aliphatic rings. The number of carboxylic acids is 1. The SMILES string of the molecule is O=C(O)Cc1ccc(S(=O)(=O)Cc2cc(Br)cs2)cc1. The van der Waals surface area contributed by atoms with Crippen LogP contribution in [0.4, 0.5) is 0 Å². The van der Waals surface area contributed by atoms with Crippen molar-refractivity contribution in [3.63, 3.8) is 0 Å². The van der Waals surface area contributed by atoms with Crippen LogP contribution in [0, 0.1) is 0 Å². The van der Waals surface area contributed by atoms with Gasteiger partial charge in [-0.1, -0.05) is 12.1 Å². The first kappa shape index (κ1) is 15.2. The number of thiophene rings is 1. The van der Waals surface area contributed by atoms with Gasteiger partial charge in [-0.2, -0.15) is 0 Å². The molecule has 1 heterocycles. The molecule has 0 atom stereocenters. The Labute approximate surface area is 129 Å². The molecule has 1 aromatic heterocycles. The Morgan fingerprint density at radius 1 is 1.25 bits per heavy atom. The van der Waals surface area contributed by atoms with Crippen LogP contribution >= 0.6 is 27.3 Å². The zero-order chi connectivity index (χ0) is 14.8. The first-order valence-electron chi connectivity index (χ1n) is 5.63. The molecule has 0 spiro atoms. The van der Waals surface area contributed by atoms with E-state index >= 15 is 0 Å². The minimum absolute atomic E-state index is 0.0540. The Morgan fingerprint density at radius 3 is 2.40 bits per heavy atom. The number of halogens is 1. The molecule has 0 amide bonds. The number of sulfone groups is 1. The molecule has 0 aliphatic heterocycles. The van der Waals surface area contributed by atoms with Crippen molar-refractivity contribution in [3.8, 4) is 0 Å². The van der Waals surface area contributed by atoms with Crippen molar-refractivity contribution < 1.29 is 18.3 Å². The van der Waals surface area contributed by atoms with E-state index in [9.17, 15) is 13.2 Å². The monoisotopic (exact) mass is 374 g/mol. The Balaban J connectivity index is 2.19. The number of carbonyl (C=O) groups is 1. The van der Waals surface area contributed by atoms with Crippen molar-refractivity contribution >= 4 is 43.1 Å². The molecular formula is C13H11BrO4S2. The van der Waals surface area contributed by atoms with Gasteiger partial charge in [0.05, 0.1) is 17.1 Å². The molecule has 2 aromatic rings. The normalized spacial score (nSPS) is 11.4. The molecule has 0 saturated heterocycles. The summed E-state index contributed by atoms with van der Waals surface area (Å²) in [4.78, 5) is 11.5. The summed E-state index contributed by atoms with van der Waals surface area (Å²) >= 11 is 4.67. The first-order chi connectivity index (χ1) is 9.37. The topological polar surface area (TPSA) is 71.4 Å². The van der Waals surface area contributed by atoms with Crippen molar-refractivity contribution in [2.24, 2.45) is 0 Å². The van der Waals surface area contributed by atoms with Gasteiger partial charge in [0.25, 0.3) is 0 Å². The molecule has 0 aliphatic carbocycles. The number of carboxylic acid groups (broad SMARTS) is 1. The third-order valence-electron chi connectivity index (χ3n) is 2.59. The lowest BCUT2D eigenvalue weighted by Gasteiger charge is -2.04. The maximum Gasteiger partial charge on any atom is 0.307 e. The predicted octanol–water partition coefficient (Wildman–Crippen LogP) is 3.11. The van der Waals surface area contributed by atoms with E-state index in [4.69, 9.17) is 5.11 Å². The molecule has 1 N–H and O–H groups in total. The van der Waals surface area contributed by atoms with Gasteiger partial charge in [0.2, 0.25) is 0 Å². The largest absolute Gasteiger partial charge is 0.481 e. The van der Waals surface area contributed by atoms with E-state index in [1.54, 1.807) is 6.07 Å². The van der Waals surface area contributed by atoms with Crippen LogP contribution < -0.4 is 0 Å². The summed E-state index contributed by atoms with van der Waals surface area (Å²) in [6.45, 7) is 0. The molecule has 2 rings (SSSR count). The second-order valence-corrected chi connectivity index (χ2v) is 8.11. The Morgan fingerprint density at radius 2 is 1.90 bits per heavy atom. The van der Waals surface area contributed by atoms with Crippen molar-refractivity contribution in [2.45, 2.75) is 17.1 Å². The standard InChI is InChI=1S/C13H11BrO4S2/c14-10-6-11(19-7-10)8-20(17,18)12-3-1-9(2-4-12)5-13(15)16/h1-4,6-7H,5,8H2,(H,15,16). The van der Waals surface area contributed by atoms with Gasteiger partial charge >= 0.3 is 5.97 Å². The van der Waals surface area contributed by atoms with Gasteiger partial charge in [-0.25, -0.2) is 8.42 Å². The average molecular weight is 375 g/mol. The van der Waals surface area contributed by atoms with E-state index in [1.807, 2.05) is 5.38 Å². The lowest BCUT2D eigenvalue weighted by Crippen LogP contribution is -2.05. The number of hydrogen-bond donors (Lipinski definition) is 1. The molecular weight excluding hydrogens is 364 g/mol. The zero-order valence-corrected chi connectivity index (χ0v) is 13.5. The van der Waals surface area contributed by atoms with E-state index in [0.717, 1.165) is 9.35 Å². The van der Waals surface area contributed by atoms with Crippen LogP contribution in [0.1, 0.15) is 10.4 Å². The van der Waals surface area contributed by atoms with E-state index < -0.39 is 15.8 Å². The molecule has 0 fully saturated rings. The van der Waals surface area contributed by atoms with Crippen LogP contribution in [0.25, 0.3) is 0 Å². The van der Waals surface area contributed by atoms with Crippen LogP contribution in [-0.4, -0.2) is 19.5 Å². The van der Waals surface area contributed by atoms with Crippen LogP contribution in [0.15, 0.2) is 45.1 Å². The molecule has 106 valence electrons. The van der Waals surface area contributed by atoms with Crippen LogP contribution in [0.3, 0.4) is 0 Å². The van der Waals surface area contributed by atoms with E-state index in [-0.39, 0.29) is 17.1 Å². The minimum Gasteiger partial charge on any atom is -0.481 e. The number of benzene rings is 1. The third-order valence-corrected chi connectivity index (χ3v) is 6.15.